The van der Waals surface area contributed by atoms with Crippen molar-refractivity contribution in [3.63, 3.8) is 0 Å². The molecular weight excluding hydrogens is 280 g/mol. The van der Waals surface area contributed by atoms with Crippen LogP contribution in [0.15, 0.2) is 9.00 Å². The van der Waals surface area contributed by atoms with Crippen LogP contribution in [-0.4, -0.2) is 10.1 Å². The van der Waals surface area contributed by atoms with E-state index in [0.29, 0.717) is 0 Å². The maximum absolute atomic E-state index is 5.25. The second-order valence-electron chi connectivity index (χ2n) is 4.68. The van der Waals surface area contributed by atoms with Crippen molar-refractivity contribution in [1.82, 2.24) is 10.1 Å². The molecule has 1 N–H and O–H groups in total. The van der Waals surface area contributed by atoms with E-state index in [1.54, 1.807) is 0 Å². The molecule has 0 aliphatic heterocycles. The minimum absolute atomic E-state index is 0.877. The van der Waals surface area contributed by atoms with Gasteiger partial charge in [-0.15, -0.1) is 0 Å². The molecule has 1 aliphatic rings. The average molecular weight is 295 g/mol. The molecule has 2 aromatic heterocycles. The lowest BCUT2D eigenvalue weighted by atomic mass is 9.98. The quantitative estimate of drug-likeness (QED) is 0.866. The van der Waals surface area contributed by atoms with E-state index in [4.69, 9.17) is 4.52 Å². The first kappa shape index (κ1) is 11.1. The molecule has 0 radical (unpaired) electrons. The molecular formula is C13H15BrN2O. The first-order chi connectivity index (χ1) is 8.18. The Morgan fingerprint density at radius 1 is 1.24 bits per heavy atom. The fourth-order valence-electron chi connectivity index (χ4n) is 2.65. The minimum atomic E-state index is 0.877. The number of nitrogens with zero attached hydrogens (tertiary/aromatic N) is 1. The fourth-order valence-corrected chi connectivity index (χ4v) is 3.39. The Balaban J connectivity index is 2.19. The minimum Gasteiger partial charge on any atom is -0.361 e. The van der Waals surface area contributed by atoms with Gasteiger partial charge >= 0.3 is 0 Å². The van der Waals surface area contributed by atoms with Crippen molar-refractivity contribution in [2.24, 2.45) is 0 Å². The van der Waals surface area contributed by atoms with Crippen LogP contribution in [0.2, 0.25) is 0 Å². The van der Waals surface area contributed by atoms with Crippen LogP contribution in [0.1, 0.15) is 35.6 Å². The maximum atomic E-state index is 5.25. The summed E-state index contributed by atoms with van der Waals surface area (Å²) in [6.07, 6.45) is 4.87. The van der Waals surface area contributed by atoms with E-state index in [9.17, 15) is 0 Å². The number of halogens is 1. The van der Waals surface area contributed by atoms with Crippen LogP contribution < -0.4 is 0 Å². The Morgan fingerprint density at radius 2 is 2.00 bits per heavy atom. The molecule has 0 amide bonds. The Kier molecular flexibility index (Phi) is 2.62. The molecule has 3 rings (SSSR count). The van der Waals surface area contributed by atoms with E-state index >= 15 is 0 Å². The standard InChI is InChI=1S/C13H15BrN2O/c1-7-11(8(2)17-16-7)13-12(14)9-5-3-4-6-10(9)15-13/h15H,3-6H2,1-2H3. The van der Waals surface area contributed by atoms with E-state index in [1.807, 2.05) is 13.8 Å². The van der Waals surface area contributed by atoms with Gasteiger partial charge in [0.2, 0.25) is 0 Å². The lowest BCUT2D eigenvalue weighted by Crippen LogP contribution is -2.00. The van der Waals surface area contributed by atoms with Crippen LogP contribution in [0, 0.1) is 13.8 Å². The van der Waals surface area contributed by atoms with Crippen molar-refractivity contribution < 1.29 is 4.52 Å². The van der Waals surface area contributed by atoms with Gasteiger partial charge in [-0.05, 0) is 61.0 Å². The summed E-state index contributed by atoms with van der Waals surface area (Å²) in [5.41, 5.74) is 5.99. The van der Waals surface area contributed by atoms with Crippen molar-refractivity contribution in [2.75, 3.05) is 0 Å². The van der Waals surface area contributed by atoms with E-state index in [-0.39, 0.29) is 0 Å². The second kappa shape index (κ2) is 4.02. The summed E-state index contributed by atoms with van der Waals surface area (Å²) in [5.74, 6) is 0.877. The van der Waals surface area contributed by atoms with E-state index in [1.165, 1.54) is 28.6 Å². The molecule has 0 atom stereocenters. The number of hydrogen-bond donors (Lipinski definition) is 1. The summed E-state index contributed by atoms with van der Waals surface area (Å²) in [6, 6.07) is 0. The number of fused-ring (bicyclic) bond motifs is 1. The number of aromatic amines is 1. The SMILES string of the molecule is Cc1noc(C)c1-c1[nH]c2c(c1Br)CCCC2. The summed E-state index contributed by atoms with van der Waals surface area (Å²) >= 11 is 3.73. The van der Waals surface area contributed by atoms with E-state index in [0.717, 1.165) is 35.6 Å². The molecule has 3 nitrogen and oxygen atoms in total. The Morgan fingerprint density at radius 3 is 2.65 bits per heavy atom. The molecule has 0 spiro atoms. The molecule has 0 fully saturated rings. The summed E-state index contributed by atoms with van der Waals surface area (Å²) in [4.78, 5) is 3.54. The van der Waals surface area contributed by atoms with Gasteiger partial charge in [0.25, 0.3) is 0 Å². The van der Waals surface area contributed by atoms with Gasteiger partial charge in [-0.3, -0.25) is 0 Å². The number of aromatic nitrogens is 2. The molecule has 0 saturated heterocycles. The van der Waals surface area contributed by atoms with Crippen molar-refractivity contribution in [2.45, 2.75) is 39.5 Å². The van der Waals surface area contributed by atoms with Crippen LogP contribution in [0.5, 0.6) is 0 Å². The summed E-state index contributed by atoms with van der Waals surface area (Å²) in [7, 11) is 0. The van der Waals surface area contributed by atoms with Gasteiger partial charge in [-0.2, -0.15) is 0 Å². The maximum Gasteiger partial charge on any atom is 0.143 e. The molecule has 2 heterocycles. The summed E-state index contributed by atoms with van der Waals surface area (Å²) < 4.78 is 6.44. The number of hydrogen-bond acceptors (Lipinski definition) is 2. The normalized spacial score (nSPS) is 15.0. The average Bonchev–Trinajstić information content (AvgIpc) is 2.82. The van der Waals surface area contributed by atoms with Crippen LogP contribution in [0.4, 0.5) is 0 Å². The van der Waals surface area contributed by atoms with Crippen molar-refractivity contribution in [3.05, 3.63) is 27.2 Å². The van der Waals surface area contributed by atoms with Gasteiger partial charge in [0.15, 0.2) is 0 Å². The zero-order valence-electron chi connectivity index (χ0n) is 10.1. The van der Waals surface area contributed by atoms with Crippen LogP contribution in [-0.2, 0) is 12.8 Å². The highest BCUT2D eigenvalue weighted by Gasteiger charge is 2.22. The predicted octanol–water partition coefficient (Wildman–Crippen LogP) is 3.93. The van der Waals surface area contributed by atoms with Crippen molar-refractivity contribution in [3.8, 4) is 11.3 Å². The smallest absolute Gasteiger partial charge is 0.143 e. The van der Waals surface area contributed by atoms with Crippen LogP contribution >= 0.6 is 15.9 Å². The zero-order chi connectivity index (χ0) is 12.0. The number of rotatable bonds is 1. The Hall–Kier alpha value is -1.03. The number of nitrogens with one attached hydrogen (secondary N) is 1. The molecule has 90 valence electrons. The zero-order valence-corrected chi connectivity index (χ0v) is 11.6. The first-order valence-electron chi connectivity index (χ1n) is 6.01. The molecule has 2 aromatic rings. The Bertz CT molecular complexity index is 549. The van der Waals surface area contributed by atoms with Gasteiger partial charge in [0.05, 0.1) is 17.0 Å². The fraction of sp³-hybridized carbons (Fsp3) is 0.462. The lowest BCUT2D eigenvalue weighted by Gasteiger charge is -2.10. The highest BCUT2D eigenvalue weighted by atomic mass is 79.9. The molecule has 17 heavy (non-hydrogen) atoms. The summed E-state index contributed by atoms with van der Waals surface area (Å²) in [5, 5.41) is 4.02. The molecule has 0 aromatic carbocycles. The predicted molar refractivity (Wildman–Crippen MR) is 70.1 cm³/mol. The van der Waals surface area contributed by atoms with Gasteiger partial charge in [-0.1, -0.05) is 5.16 Å². The number of H-pyrrole nitrogens is 1. The largest absolute Gasteiger partial charge is 0.361 e. The van der Waals surface area contributed by atoms with Gasteiger partial charge in [0, 0.05) is 10.2 Å². The second-order valence-corrected chi connectivity index (χ2v) is 5.47. The lowest BCUT2D eigenvalue weighted by molar-refractivity contribution is 0.393. The van der Waals surface area contributed by atoms with E-state index < -0.39 is 0 Å². The van der Waals surface area contributed by atoms with Crippen molar-refractivity contribution >= 4 is 15.9 Å². The van der Waals surface area contributed by atoms with E-state index in [2.05, 4.69) is 26.1 Å². The van der Waals surface area contributed by atoms with Gasteiger partial charge < -0.3 is 9.51 Å². The molecule has 0 bridgehead atoms. The number of aryl methyl sites for hydroxylation is 3. The van der Waals surface area contributed by atoms with Crippen molar-refractivity contribution in [1.29, 1.82) is 0 Å². The van der Waals surface area contributed by atoms with Crippen LogP contribution in [0.25, 0.3) is 11.3 Å². The third-order valence-corrected chi connectivity index (χ3v) is 4.39. The Labute approximate surface area is 109 Å². The third-order valence-electron chi connectivity index (χ3n) is 3.51. The topological polar surface area (TPSA) is 41.8 Å². The highest BCUT2D eigenvalue weighted by Crippen LogP contribution is 2.38. The summed E-state index contributed by atoms with van der Waals surface area (Å²) in [6.45, 7) is 3.94. The monoisotopic (exact) mass is 294 g/mol. The molecule has 0 unspecified atom stereocenters. The molecule has 4 heteroatoms. The van der Waals surface area contributed by atoms with Gasteiger partial charge in [-0.25, -0.2) is 0 Å². The third kappa shape index (κ3) is 1.66. The molecule has 0 saturated carbocycles. The first-order valence-corrected chi connectivity index (χ1v) is 6.80. The van der Waals surface area contributed by atoms with Crippen LogP contribution in [0.3, 0.4) is 0 Å². The molecule has 1 aliphatic carbocycles. The highest BCUT2D eigenvalue weighted by molar-refractivity contribution is 9.10. The van der Waals surface area contributed by atoms with Gasteiger partial charge in [0.1, 0.15) is 5.76 Å².